The van der Waals surface area contributed by atoms with E-state index >= 15 is 0 Å². The van der Waals surface area contributed by atoms with E-state index in [-0.39, 0.29) is 12.1 Å². The summed E-state index contributed by atoms with van der Waals surface area (Å²) in [6, 6.07) is 8.58. The number of fused-ring (bicyclic) bond motifs is 1. The molecule has 0 amide bonds. The summed E-state index contributed by atoms with van der Waals surface area (Å²) in [5.41, 5.74) is 2.30. The van der Waals surface area contributed by atoms with Crippen LogP contribution in [0.4, 0.5) is 0 Å². The smallest absolute Gasteiger partial charge is 0.134 e. The van der Waals surface area contributed by atoms with Gasteiger partial charge in [0.05, 0.1) is 12.1 Å². The Bertz CT molecular complexity index is 584. The van der Waals surface area contributed by atoms with Crippen LogP contribution in [-0.4, -0.2) is 19.3 Å². The van der Waals surface area contributed by atoms with Gasteiger partial charge in [-0.2, -0.15) is 0 Å². The molecule has 0 saturated carbocycles. The number of para-hydroxylation sites is 1. The highest BCUT2D eigenvalue weighted by Crippen LogP contribution is 2.36. The molecule has 2 aromatic rings. The van der Waals surface area contributed by atoms with Gasteiger partial charge in [0.2, 0.25) is 0 Å². The van der Waals surface area contributed by atoms with Crippen molar-refractivity contribution >= 4 is 11.0 Å². The van der Waals surface area contributed by atoms with Crippen LogP contribution in [0.3, 0.4) is 0 Å². The second kappa shape index (κ2) is 6.63. The summed E-state index contributed by atoms with van der Waals surface area (Å²) >= 11 is 0. The van der Waals surface area contributed by atoms with Gasteiger partial charge in [-0.25, -0.2) is 0 Å². The lowest BCUT2D eigenvalue weighted by molar-refractivity contribution is -0.00794. The third kappa shape index (κ3) is 2.85. The maximum absolute atomic E-state index is 6.07. The van der Waals surface area contributed by atoms with Crippen LogP contribution >= 0.6 is 0 Å². The molecular formula is C18H25NO2. The van der Waals surface area contributed by atoms with Crippen molar-refractivity contribution in [2.45, 2.75) is 51.7 Å². The van der Waals surface area contributed by atoms with E-state index in [1.807, 2.05) is 6.07 Å². The average molecular weight is 287 g/mol. The third-order valence-corrected chi connectivity index (χ3v) is 4.35. The Morgan fingerprint density at radius 1 is 1.24 bits per heavy atom. The zero-order valence-corrected chi connectivity index (χ0v) is 13.0. The Balaban J connectivity index is 2.04. The van der Waals surface area contributed by atoms with Crippen LogP contribution in [0, 0.1) is 0 Å². The number of ether oxygens (including phenoxy) is 1. The maximum atomic E-state index is 6.07. The summed E-state index contributed by atoms with van der Waals surface area (Å²) in [7, 11) is 0. The van der Waals surface area contributed by atoms with Gasteiger partial charge in [0.1, 0.15) is 11.3 Å². The average Bonchev–Trinajstić information content (AvgIpc) is 2.92. The summed E-state index contributed by atoms with van der Waals surface area (Å²) < 4.78 is 12.1. The van der Waals surface area contributed by atoms with Crippen LogP contribution in [-0.2, 0) is 11.2 Å². The lowest BCUT2D eigenvalue weighted by Gasteiger charge is -2.31. The fourth-order valence-corrected chi connectivity index (χ4v) is 3.39. The summed E-state index contributed by atoms with van der Waals surface area (Å²) in [6.45, 7) is 6.13. The summed E-state index contributed by atoms with van der Waals surface area (Å²) in [5.74, 6) is 1.09. The zero-order chi connectivity index (χ0) is 14.7. The van der Waals surface area contributed by atoms with Crippen molar-refractivity contribution in [1.29, 1.82) is 0 Å². The van der Waals surface area contributed by atoms with Gasteiger partial charge in [-0.05, 0) is 31.9 Å². The quantitative estimate of drug-likeness (QED) is 0.894. The minimum Gasteiger partial charge on any atom is -0.461 e. The molecule has 1 aromatic heterocycles. The lowest BCUT2D eigenvalue weighted by atomic mass is 9.93. The van der Waals surface area contributed by atoms with Crippen molar-refractivity contribution in [2.75, 3.05) is 13.2 Å². The highest BCUT2D eigenvalue weighted by Gasteiger charge is 2.30. The van der Waals surface area contributed by atoms with Gasteiger partial charge in [0, 0.05) is 24.0 Å². The molecule has 2 unspecified atom stereocenters. The van der Waals surface area contributed by atoms with Crippen LogP contribution in [0.1, 0.15) is 50.5 Å². The Morgan fingerprint density at radius 3 is 2.81 bits per heavy atom. The molecule has 114 valence electrons. The first-order valence-corrected chi connectivity index (χ1v) is 8.20. The van der Waals surface area contributed by atoms with E-state index in [9.17, 15) is 0 Å². The van der Waals surface area contributed by atoms with Crippen LogP contribution in [0.15, 0.2) is 28.7 Å². The fraction of sp³-hybridized carbons (Fsp3) is 0.556. The number of hydrogen-bond donors (Lipinski definition) is 1. The molecule has 21 heavy (non-hydrogen) atoms. The highest BCUT2D eigenvalue weighted by molar-refractivity contribution is 5.83. The van der Waals surface area contributed by atoms with Crippen molar-refractivity contribution < 1.29 is 9.15 Å². The Morgan fingerprint density at radius 2 is 2.10 bits per heavy atom. The third-order valence-electron chi connectivity index (χ3n) is 4.35. The second-order valence-electron chi connectivity index (χ2n) is 5.73. The van der Waals surface area contributed by atoms with Crippen molar-refractivity contribution in [3.05, 3.63) is 35.6 Å². The Kier molecular flexibility index (Phi) is 4.61. The fourth-order valence-electron chi connectivity index (χ4n) is 3.39. The number of benzene rings is 1. The Labute approximate surface area is 126 Å². The second-order valence-corrected chi connectivity index (χ2v) is 5.73. The van der Waals surface area contributed by atoms with E-state index in [2.05, 4.69) is 37.4 Å². The van der Waals surface area contributed by atoms with E-state index in [0.29, 0.717) is 0 Å². The van der Waals surface area contributed by atoms with Gasteiger partial charge < -0.3 is 14.5 Å². The van der Waals surface area contributed by atoms with Crippen LogP contribution in [0.25, 0.3) is 11.0 Å². The molecule has 1 aliphatic heterocycles. The van der Waals surface area contributed by atoms with E-state index in [1.54, 1.807) is 0 Å². The predicted octanol–water partition coefficient (Wildman–Crippen LogP) is 4.21. The minimum absolute atomic E-state index is 0.230. The van der Waals surface area contributed by atoms with Gasteiger partial charge in [-0.1, -0.05) is 32.0 Å². The molecule has 1 aliphatic rings. The molecule has 2 atom stereocenters. The monoisotopic (exact) mass is 287 g/mol. The molecule has 0 bridgehead atoms. The van der Waals surface area contributed by atoms with Gasteiger partial charge in [0.25, 0.3) is 0 Å². The van der Waals surface area contributed by atoms with Crippen molar-refractivity contribution in [3.8, 4) is 0 Å². The van der Waals surface area contributed by atoms with Crippen molar-refractivity contribution in [3.63, 3.8) is 0 Å². The molecule has 1 aromatic carbocycles. The van der Waals surface area contributed by atoms with E-state index in [4.69, 9.17) is 9.15 Å². The van der Waals surface area contributed by atoms with Crippen LogP contribution in [0.5, 0.6) is 0 Å². The van der Waals surface area contributed by atoms with Crippen LogP contribution in [0.2, 0.25) is 0 Å². The first kappa shape index (κ1) is 14.6. The summed E-state index contributed by atoms with van der Waals surface area (Å²) in [6.07, 6.45) is 4.73. The number of hydrogen-bond acceptors (Lipinski definition) is 3. The zero-order valence-electron chi connectivity index (χ0n) is 13.0. The standard InChI is InChI=1S/C18H25NO2/c1-3-14-17(13-9-5-6-10-15(13)21-14)18(19-4-2)16-11-7-8-12-20-16/h5-6,9-10,16,18-19H,3-4,7-8,11-12H2,1-2H3. The number of likely N-dealkylation sites (N-methyl/N-ethyl adjacent to an activating group) is 1. The number of aryl methyl sites for hydroxylation is 1. The van der Waals surface area contributed by atoms with Crippen molar-refractivity contribution in [1.82, 2.24) is 5.32 Å². The molecule has 3 nitrogen and oxygen atoms in total. The Hall–Kier alpha value is -1.32. The highest BCUT2D eigenvalue weighted by atomic mass is 16.5. The lowest BCUT2D eigenvalue weighted by Crippen LogP contribution is -2.36. The van der Waals surface area contributed by atoms with Gasteiger partial charge >= 0.3 is 0 Å². The molecule has 3 heteroatoms. The number of nitrogens with one attached hydrogen (secondary N) is 1. The molecule has 0 aliphatic carbocycles. The molecule has 1 saturated heterocycles. The van der Waals surface area contributed by atoms with Crippen LogP contribution < -0.4 is 5.32 Å². The van der Waals surface area contributed by atoms with Crippen molar-refractivity contribution in [2.24, 2.45) is 0 Å². The van der Waals surface area contributed by atoms with Gasteiger partial charge in [-0.3, -0.25) is 0 Å². The summed E-state index contributed by atoms with van der Waals surface area (Å²) in [4.78, 5) is 0. The molecule has 0 radical (unpaired) electrons. The predicted molar refractivity (Wildman–Crippen MR) is 85.6 cm³/mol. The van der Waals surface area contributed by atoms with Gasteiger partial charge in [0.15, 0.2) is 0 Å². The largest absolute Gasteiger partial charge is 0.461 e. The minimum atomic E-state index is 0.230. The normalized spacial score (nSPS) is 20.8. The summed E-state index contributed by atoms with van der Waals surface area (Å²) in [5, 5.41) is 4.87. The maximum Gasteiger partial charge on any atom is 0.134 e. The van der Waals surface area contributed by atoms with E-state index < -0.39 is 0 Å². The first-order valence-electron chi connectivity index (χ1n) is 8.20. The molecule has 2 heterocycles. The molecular weight excluding hydrogens is 262 g/mol. The topological polar surface area (TPSA) is 34.4 Å². The molecule has 1 N–H and O–H groups in total. The molecule has 1 fully saturated rings. The SMILES string of the molecule is CCNC(c1c(CC)oc2ccccc12)C1CCCCO1. The molecule has 0 spiro atoms. The molecule has 3 rings (SSSR count). The number of furan rings is 1. The number of rotatable bonds is 5. The first-order chi connectivity index (χ1) is 10.3. The van der Waals surface area contributed by atoms with Gasteiger partial charge in [-0.15, -0.1) is 0 Å². The van der Waals surface area contributed by atoms with E-state index in [0.717, 1.165) is 37.3 Å². The van der Waals surface area contributed by atoms with E-state index in [1.165, 1.54) is 23.8 Å².